The van der Waals surface area contributed by atoms with Crippen LogP contribution in [0.15, 0.2) is 42.5 Å². The molecule has 0 unspecified atom stereocenters. The minimum Gasteiger partial charge on any atom is -0.497 e. The molecule has 0 radical (unpaired) electrons. The Morgan fingerprint density at radius 2 is 1.77 bits per heavy atom. The third-order valence-corrected chi connectivity index (χ3v) is 4.45. The van der Waals surface area contributed by atoms with Crippen LogP contribution in [0.2, 0.25) is 0 Å². The van der Waals surface area contributed by atoms with Crippen molar-refractivity contribution in [2.45, 2.75) is 19.4 Å². The van der Waals surface area contributed by atoms with Crippen LogP contribution in [0.3, 0.4) is 0 Å². The summed E-state index contributed by atoms with van der Waals surface area (Å²) in [5.74, 6) is 0.625. The van der Waals surface area contributed by atoms with E-state index in [0.717, 1.165) is 11.3 Å². The number of anilines is 1. The number of nitrogens with zero attached hydrogens (tertiary/aromatic N) is 1. The number of amides is 2. The predicted molar refractivity (Wildman–Crippen MR) is 99.0 cm³/mol. The summed E-state index contributed by atoms with van der Waals surface area (Å²) < 4.78 is 10.5. The lowest BCUT2D eigenvalue weighted by Crippen LogP contribution is -2.48. The third kappa shape index (κ3) is 3.22. The number of benzene rings is 2. The van der Waals surface area contributed by atoms with E-state index >= 15 is 0 Å². The zero-order chi connectivity index (χ0) is 18.7. The molecule has 0 spiro atoms. The largest absolute Gasteiger partial charge is 0.497 e. The maximum atomic E-state index is 13.3. The Morgan fingerprint density at radius 1 is 1.12 bits per heavy atom. The van der Waals surface area contributed by atoms with Gasteiger partial charge in [-0.25, -0.2) is 0 Å². The number of carbonyl (C=O) groups is 2. The molecule has 1 aliphatic rings. The second kappa shape index (κ2) is 7.47. The van der Waals surface area contributed by atoms with Gasteiger partial charge in [-0.2, -0.15) is 0 Å². The van der Waals surface area contributed by atoms with Gasteiger partial charge in [-0.15, -0.1) is 0 Å². The normalized spacial score (nSPS) is 15.3. The Hall–Kier alpha value is -3.02. The van der Waals surface area contributed by atoms with Crippen LogP contribution >= 0.6 is 0 Å². The fourth-order valence-corrected chi connectivity index (χ4v) is 3.21. The topological polar surface area (TPSA) is 67.9 Å². The van der Waals surface area contributed by atoms with Crippen molar-refractivity contribution in [2.75, 3.05) is 25.7 Å². The monoisotopic (exact) mass is 354 g/mol. The van der Waals surface area contributed by atoms with Crippen LogP contribution < -0.4 is 19.7 Å². The molecule has 0 aliphatic carbocycles. The van der Waals surface area contributed by atoms with E-state index < -0.39 is 6.04 Å². The van der Waals surface area contributed by atoms with Crippen molar-refractivity contribution in [3.63, 3.8) is 0 Å². The van der Waals surface area contributed by atoms with E-state index in [1.54, 1.807) is 23.1 Å². The SMILES string of the molecule is CCNC(=O)[C@@H]1Cc2ccccc2N1C(=O)c1cc(OC)cc(OC)c1. The summed E-state index contributed by atoms with van der Waals surface area (Å²) in [6.45, 7) is 2.37. The molecule has 0 bridgehead atoms. The molecule has 0 saturated heterocycles. The Kier molecular flexibility index (Phi) is 5.11. The van der Waals surface area contributed by atoms with Gasteiger partial charge < -0.3 is 14.8 Å². The molecular weight excluding hydrogens is 332 g/mol. The van der Waals surface area contributed by atoms with Gasteiger partial charge in [0.1, 0.15) is 17.5 Å². The highest BCUT2D eigenvalue weighted by atomic mass is 16.5. The second-order valence-corrected chi connectivity index (χ2v) is 6.02. The highest BCUT2D eigenvalue weighted by Crippen LogP contribution is 2.34. The van der Waals surface area contributed by atoms with E-state index in [9.17, 15) is 9.59 Å². The maximum Gasteiger partial charge on any atom is 0.259 e. The highest BCUT2D eigenvalue weighted by Gasteiger charge is 2.38. The first-order chi connectivity index (χ1) is 12.6. The van der Waals surface area contributed by atoms with Crippen LogP contribution in [0, 0.1) is 0 Å². The number of likely N-dealkylation sites (N-methyl/N-ethyl adjacent to an activating group) is 1. The smallest absolute Gasteiger partial charge is 0.259 e. The molecule has 2 amide bonds. The van der Waals surface area contributed by atoms with Crippen molar-refractivity contribution in [1.82, 2.24) is 5.32 Å². The van der Waals surface area contributed by atoms with Crippen molar-refractivity contribution in [3.8, 4) is 11.5 Å². The Labute approximate surface area is 152 Å². The van der Waals surface area contributed by atoms with Gasteiger partial charge in [0.15, 0.2) is 0 Å². The van der Waals surface area contributed by atoms with Crippen molar-refractivity contribution in [3.05, 3.63) is 53.6 Å². The lowest BCUT2D eigenvalue weighted by molar-refractivity contribution is -0.122. The predicted octanol–water partition coefficient (Wildman–Crippen LogP) is 2.41. The van der Waals surface area contributed by atoms with Gasteiger partial charge in [-0.1, -0.05) is 18.2 Å². The quantitative estimate of drug-likeness (QED) is 0.895. The molecule has 1 N–H and O–H groups in total. The van der Waals surface area contributed by atoms with Crippen LogP contribution in [0.1, 0.15) is 22.8 Å². The van der Waals surface area contributed by atoms with Crippen LogP contribution in [-0.2, 0) is 11.2 Å². The molecule has 136 valence electrons. The van der Waals surface area contributed by atoms with Gasteiger partial charge in [0.25, 0.3) is 5.91 Å². The minimum atomic E-state index is -0.572. The first kappa shape index (κ1) is 17.8. The first-order valence-corrected chi connectivity index (χ1v) is 8.51. The molecule has 1 atom stereocenters. The summed E-state index contributed by atoms with van der Waals surface area (Å²) >= 11 is 0. The first-order valence-electron chi connectivity index (χ1n) is 8.51. The summed E-state index contributed by atoms with van der Waals surface area (Å²) in [4.78, 5) is 27.4. The molecule has 2 aromatic carbocycles. The van der Waals surface area contributed by atoms with Crippen LogP contribution in [-0.4, -0.2) is 38.6 Å². The number of carbonyl (C=O) groups excluding carboxylic acids is 2. The van der Waals surface area contributed by atoms with Crippen LogP contribution in [0.25, 0.3) is 0 Å². The molecule has 1 heterocycles. The van der Waals surface area contributed by atoms with Gasteiger partial charge in [-0.05, 0) is 30.7 Å². The molecule has 0 saturated carbocycles. The van der Waals surface area contributed by atoms with Gasteiger partial charge in [0, 0.05) is 30.3 Å². The van der Waals surface area contributed by atoms with Gasteiger partial charge in [-0.3, -0.25) is 14.5 Å². The highest BCUT2D eigenvalue weighted by molar-refractivity contribution is 6.12. The molecule has 0 fully saturated rings. The van der Waals surface area contributed by atoms with E-state index in [1.165, 1.54) is 14.2 Å². The fraction of sp³-hybridized carbons (Fsp3) is 0.300. The fourth-order valence-electron chi connectivity index (χ4n) is 3.21. The Bertz CT molecular complexity index is 812. The van der Waals surface area contributed by atoms with Gasteiger partial charge in [0.2, 0.25) is 5.91 Å². The van der Waals surface area contributed by atoms with Gasteiger partial charge >= 0.3 is 0 Å². The Morgan fingerprint density at radius 3 is 2.38 bits per heavy atom. The number of para-hydroxylation sites is 1. The molecule has 0 aromatic heterocycles. The Balaban J connectivity index is 2.03. The average Bonchev–Trinajstić information content (AvgIpc) is 3.06. The maximum absolute atomic E-state index is 13.3. The van der Waals surface area contributed by atoms with Crippen molar-refractivity contribution >= 4 is 17.5 Å². The summed E-state index contributed by atoms with van der Waals surface area (Å²) in [7, 11) is 3.07. The molecule has 3 rings (SSSR count). The van der Waals surface area contributed by atoms with Crippen LogP contribution in [0.4, 0.5) is 5.69 Å². The zero-order valence-electron chi connectivity index (χ0n) is 15.1. The molecule has 2 aromatic rings. The number of nitrogens with one attached hydrogen (secondary N) is 1. The van der Waals surface area contributed by atoms with Crippen molar-refractivity contribution < 1.29 is 19.1 Å². The summed E-state index contributed by atoms with van der Waals surface area (Å²) in [6, 6.07) is 12.0. The van der Waals surface area contributed by atoms with E-state index in [2.05, 4.69) is 5.32 Å². The number of ether oxygens (including phenoxy) is 2. The number of rotatable bonds is 5. The summed E-state index contributed by atoms with van der Waals surface area (Å²) in [5, 5.41) is 2.82. The lowest BCUT2D eigenvalue weighted by Gasteiger charge is -2.25. The number of fused-ring (bicyclic) bond motifs is 1. The van der Waals surface area contributed by atoms with Crippen molar-refractivity contribution in [1.29, 1.82) is 0 Å². The molecule has 6 nitrogen and oxygen atoms in total. The van der Waals surface area contributed by atoms with E-state index in [-0.39, 0.29) is 11.8 Å². The molecule has 6 heteroatoms. The zero-order valence-corrected chi connectivity index (χ0v) is 15.1. The molecular formula is C20H22N2O4. The van der Waals surface area contributed by atoms with Crippen LogP contribution in [0.5, 0.6) is 11.5 Å². The summed E-state index contributed by atoms with van der Waals surface area (Å²) in [6.07, 6.45) is 0.495. The van der Waals surface area contributed by atoms with E-state index in [4.69, 9.17) is 9.47 Å². The third-order valence-electron chi connectivity index (χ3n) is 4.45. The number of hydrogen-bond acceptors (Lipinski definition) is 4. The standard InChI is InChI=1S/C20H22N2O4/c1-4-21-19(23)18-11-13-7-5-6-8-17(13)22(18)20(24)14-9-15(25-2)12-16(10-14)26-3/h5-10,12,18H,4,11H2,1-3H3,(H,21,23)/t18-/m0/s1. The minimum absolute atomic E-state index is 0.160. The lowest BCUT2D eigenvalue weighted by atomic mass is 10.1. The summed E-state index contributed by atoms with van der Waals surface area (Å²) in [5.41, 5.74) is 2.15. The number of hydrogen-bond donors (Lipinski definition) is 1. The van der Waals surface area contributed by atoms with Crippen molar-refractivity contribution in [2.24, 2.45) is 0 Å². The van der Waals surface area contributed by atoms with E-state index in [1.807, 2.05) is 31.2 Å². The van der Waals surface area contributed by atoms with Gasteiger partial charge in [0.05, 0.1) is 14.2 Å². The number of methoxy groups -OCH3 is 2. The molecule has 26 heavy (non-hydrogen) atoms. The average molecular weight is 354 g/mol. The van der Waals surface area contributed by atoms with E-state index in [0.29, 0.717) is 30.0 Å². The second-order valence-electron chi connectivity index (χ2n) is 6.02. The molecule has 1 aliphatic heterocycles.